The van der Waals surface area contributed by atoms with Crippen LogP contribution >= 0.6 is 17.9 Å². The van der Waals surface area contributed by atoms with Crippen molar-refractivity contribution in [3.8, 4) is 0 Å². The molecule has 0 heterocycles. The van der Waals surface area contributed by atoms with E-state index in [9.17, 15) is 0 Å². The number of fused-ring (bicyclic) bond motifs is 1. The van der Waals surface area contributed by atoms with E-state index >= 15 is 0 Å². The van der Waals surface area contributed by atoms with Crippen LogP contribution < -0.4 is 9.31 Å². The van der Waals surface area contributed by atoms with E-state index < -0.39 is 15.6 Å². The molecule has 1 nitrogen and oxygen atoms in total. The summed E-state index contributed by atoms with van der Waals surface area (Å²) in [6.45, 7) is 9.12. The zero-order chi connectivity index (χ0) is 16.2. The molecule has 0 spiro atoms. The number of benzene rings is 2. The molecule has 0 aliphatic rings. The Bertz CT molecular complexity index is 622. The Hall–Kier alpha value is 0.159. The molecule has 0 saturated heterocycles. The summed E-state index contributed by atoms with van der Waals surface area (Å²) in [6.07, 6.45) is 0. The molecule has 0 radical (unpaired) electrons. The molecule has 4 heteroatoms. The van der Waals surface area contributed by atoms with Crippen LogP contribution in [0.4, 0.5) is 0 Å². The first-order valence-corrected chi connectivity index (χ1v) is 20.5. The average Bonchev–Trinajstić information content (AvgIpc) is 2.53. The van der Waals surface area contributed by atoms with Gasteiger partial charge in [0, 0.05) is 0 Å². The van der Waals surface area contributed by atoms with Gasteiger partial charge in [0.2, 0.25) is 0 Å². The Morgan fingerprint density at radius 3 is 2.00 bits per heavy atom. The maximum absolute atomic E-state index is 6.36. The summed E-state index contributed by atoms with van der Waals surface area (Å²) in [7, 11) is 4.52. The van der Waals surface area contributed by atoms with Crippen LogP contribution in [0.5, 0.6) is 0 Å². The van der Waals surface area contributed by atoms with Gasteiger partial charge in [-0.05, 0) is 0 Å². The van der Waals surface area contributed by atoms with Crippen LogP contribution in [0.15, 0.2) is 36.4 Å². The molecule has 1 atom stereocenters. The molecule has 120 valence electrons. The Morgan fingerprint density at radius 2 is 1.55 bits per heavy atom. The number of hydrogen-bond acceptors (Lipinski definition) is 3. The van der Waals surface area contributed by atoms with Gasteiger partial charge in [0.05, 0.1) is 0 Å². The zero-order valence-electron chi connectivity index (χ0n) is 14.1. The fourth-order valence-corrected chi connectivity index (χ4v) is 32.7. The van der Waals surface area contributed by atoms with E-state index in [0.29, 0.717) is 0 Å². The number of hydrogen-bond donors (Lipinski definition) is 1. The van der Waals surface area contributed by atoms with Crippen molar-refractivity contribution < 1.29 is 0 Å². The molecule has 22 heavy (non-hydrogen) atoms. The van der Waals surface area contributed by atoms with Crippen molar-refractivity contribution >= 4 is 47.9 Å². The molecule has 0 fully saturated rings. The van der Waals surface area contributed by atoms with Gasteiger partial charge in [-0.15, -0.1) is 0 Å². The van der Waals surface area contributed by atoms with E-state index in [0.717, 1.165) is 0 Å². The van der Waals surface area contributed by atoms with E-state index in [2.05, 4.69) is 82.0 Å². The first-order valence-electron chi connectivity index (χ1n) is 8.14. The summed E-state index contributed by atoms with van der Waals surface area (Å²) >= 11 is -2.50. The summed E-state index contributed by atoms with van der Waals surface area (Å²) in [5, 5.41) is 2.68. The molecular formula is C18H27NS2Sn. The van der Waals surface area contributed by atoms with E-state index in [1.807, 2.05) is 0 Å². The summed E-state index contributed by atoms with van der Waals surface area (Å²) in [6, 6.07) is 13.6. The average molecular weight is 440 g/mol. The molecule has 2 aromatic rings. The third-order valence-electron chi connectivity index (χ3n) is 4.04. The Kier molecular flexibility index (Phi) is 6.99. The molecular weight excluding hydrogens is 413 g/mol. The van der Waals surface area contributed by atoms with Crippen LogP contribution in [0.3, 0.4) is 0 Å². The molecule has 1 unspecified atom stereocenters. The minimum atomic E-state index is -2.50. The van der Waals surface area contributed by atoms with Crippen molar-refractivity contribution in [2.45, 2.75) is 38.2 Å². The third kappa shape index (κ3) is 3.79. The van der Waals surface area contributed by atoms with Gasteiger partial charge in [-0.3, -0.25) is 0 Å². The van der Waals surface area contributed by atoms with Gasteiger partial charge in [-0.2, -0.15) is 0 Å². The molecule has 0 saturated carbocycles. The third-order valence-corrected chi connectivity index (χ3v) is 36.3. The van der Waals surface area contributed by atoms with E-state index in [-0.39, 0.29) is 6.04 Å². The molecule has 0 aliphatic heterocycles. The summed E-state index contributed by atoms with van der Waals surface area (Å²) in [5.74, 6) is 2.42. The van der Waals surface area contributed by atoms with Crippen LogP contribution in [-0.2, 0) is 0 Å². The first kappa shape index (κ1) is 18.5. The fraction of sp³-hybridized carbons (Fsp3) is 0.444. The van der Waals surface area contributed by atoms with Crippen molar-refractivity contribution in [2.75, 3.05) is 11.5 Å². The predicted molar refractivity (Wildman–Crippen MR) is 109 cm³/mol. The van der Waals surface area contributed by atoms with Gasteiger partial charge in [0.25, 0.3) is 0 Å². The molecule has 0 bridgehead atoms. The minimum absolute atomic E-state index is 0.108. The first-order chi connectivity index (χ1) is 10.6. The zero-order valence-corrected chi connectivity index (χ0v) is 18.5. The van der Waals surface area contributed by atoms with Crippen LogP contribution in [-0.4, -0.2) is 27.1 Å². The van der Waals surface area contributed by atoms with Crippen LogP contribution in [0.25, 0.3) is 10.8 Å². The second-order valence-electron chi connectivity index (χ2n) is 5.55. The van der Waals surface area contributed by atoms with Crippen molar-refractivity contribution in [3.05, 3.63) is 42.0 Å². The molecule has 0 aromatic heterocycles. The maximum atomic E-state index is 6.36. The topological polar surface area (TPSA) is 26.0 Å². The SMILES string of the molecule is CC[S][Sn]([CH2]C)([S]CC)[c]1cc2ccccc2cc1C(C)N. The molecule has 2 rings (SSSR count). The normalized spacial score (nSPS) is 13.5. The van der Waals surface area contributed by atoms with Gasteiger partial charge < -0.3 is 0 Å². The van der Waals surface area contributed by atoms with Gasteiger partial charge >= 0.3 is 145 Å². The van der Waals surface area contributed by atoms with Crippen molar-refractivity contribution in [2.24, 2.45) is 5.73 Å². The van der Waals surface area contributed by atoms with Gasteiger partial charge in [0.15, 0.2) is 0 Å². The quantitative estimate of drug-likeness (QED) is 0.612. The van der Waals surface area contributed by atoms with E-state index in [1.54, 1.807) is 3.58 Å². The summed E-state index contributed by atoms with van der Waals surface area (Å²) < 4.78 is 2.95. The van der Waals surface area contributed by atoms with Gasteiger partial charge in [-0.1, -0.05) is 0 Å². The van der Waals surface area contributed by atoms with Crippen LogP contribution in [0.2, 0.25) is 4.44 Å². The standard InChI is InChI=1S/C12H12N.2C2H6S.C2H5.Sn/c1-9(13)11-7-6-10-4-2-3-5-12(10)8-11;2*1-2-3;1-2;/h2-6,8-9H,13H2,1H3;2*3H,2H2,1H3;1H2,2H3;/q;;;;+2/p-2. The second-order valence-corrected chi connectivity index (χ2v) is 31.2. The number of nitrogens with two attached hydrogens (primary N) is 1. The number of rotatable bonds is 7. The summed E-state index contributed by atoms with van der Waals surface area (Å²) in [5.41, 5.74) is 7.75. The van der Waals surface area contributed by atoms with Gasteiger partial charge in [0.1, 0.15) is 0 Å². The van der Waals surface area contributed by atoms with Crippen molar-refractivity contribution in [1.29, 1.82) is 0 Å². The van der Waals surface area contributed by atoms with Gasteiger partial charge in [-0.25, -0.2) is 0 Å². The Balaban J connectivity index is 2.70. The predicted octanol–water partition coefficient (Wildman–Crippen LogP) is 5.03. The monoisotopic (exact) mass is 441 g/mol. The van der Waals surface area contributed by atoms with Crippen LogP contribution in [0, 0.1) is 0 Å². The van der Waals surface area contributed by atoms with E-state index in [4.69, 9.17) is 5.73 Å². The van der Waals surface area contributed by atoms with Crippen molar-refractivity contribution in [1.82, 2.24) is 0 Å². The molecule has 0 amide bonds. The van der Waals surface area contributed by atoms with Crippen LogP contribution in [0.1, 0.15) is 39.3 Å². The fourth-order valence-electron chi connectivity index (χ4n) is 3.02. The Labute approximate surface area is 144 Å². The van der Waals surface area contributed by atoms with E-state index in [1.165, 1.54) is 32.3 Å². The molecule has 0 aliphatic carbocycles. The molecule has 2 N–H and O–H groups in total. The Morgan fingerprint density at radius 1 is 1.00 bits per heavy atom. The second kappa shape index (κ2) is 8.31. The van der Waals surface area contributed by atoms with Crippen molar-refractivity contribution in [3.63, 3.8) is 0 Å². The summed E-state index contributed by atoms with van der Waals surface area (Å²) in [4.78, 5) is 0. The molecule has 2 aromatic carbocycles.